The van der Waals surface area contributed by atoms with E-state index in [1.54, 1.807) is 24.8 Å². The van der Waals surface area contributed by atoms with Gasteiger partial charge in [0.1, 0.15) is 11.4 Å². The van der Waals surface area contributed by atoms with Crippen LogP contribution in [0.2, 0.25) is 0 Å². The Hall–Kier alpha value is -3.02. The smallest absolute Gasteiger partial charge is 0.270 e. The van der Waals surface area contributed by atoms with Gasteiger partial charge in [0.15, 0.2) is 11.4 Å². The van der Waals surface area contributed by atoms with E-state index < -0.39 is 0 Å². The molecule has 0 fully saturated rings. The van der Waals surface area contributed by atoms with Crippen molar-refractivity contribution in [3.8, 4) is 11.5 Å². The van der Waals surface area contributed by atoms with E-state index in [2.05, 4.69) is 10.3 Å². The largest absolute Gasteiger partial charge is 0.497 e. The molecule has 0 atom stereocenters. The molecule has 0 aliphatic carbocycles. The highest BCUT2D eigenvalue weighted by Gasteiger charge is 2.18. The summed E-state index contributed by atoms with van der Waals surface area (Å²) in [4.78, 5) is 17.0. The van der Waals surface area contributed by atoms with E-state index in [0.717, 1.165) is 11.3 Å². The molecule has 1 N–H and O–H groups in total. The Kier molecular flexibility index (Phi) is 4.37. The third-order valence-electron chi connectivity index (χ3n) is 3.84. The van der Waals surface area contributed by atoms with Crippen LogP contribution in [-0.4, -0.2) is 29.5 Å². The van der Waals surface area contributed by atoms with Gasteiger partial charge >= 0.3 is 0 Å². The fraction of sp³-hybridized carbons (Fsp3) is 0.222. The molecule has 2 heterocycles. The number of nitrogens with one attached hydrogen (secondary N) is 1. The molecule has 1 aromatic carbocycles. The first-order valence-electron chi connectivity index (χ1n) is 7.57. The number of nitrogens with zero attached hydrogens (tertiary/aromatic N) is 2. The molecule has 0 radical (unpaired) electrons. The number of hydrogen-bond donors (Lipinski definition) is 1. The van der Waals surface area contributed by atoms with Gasteiger partial charge in [0, 0.05) is 12.7 Å². The van der Waals surface area contributed by atoms with Crippen molar-refractivity contribution in [2.45, 2.75) is 13.5 Å². The molecule has 6 nitrogen and oxygen atoms in total. The minimum Gasteiger partial charge on any atom is -0.497 e. The Morgan fingerprint density at radius 1 is 1.17 bits per heavy atom. The Labute approximate surface area is 140 Å². The molecular formula is C18H19N3O3. The molecule has 0 saturated carbocycles. The fourth-order valence-corrected chi connectivity index (χ4v) is 2.60. The minimum absolute atomic E-state index is 0.177. The number of hydrogen-bond acceptors (Lipinski definition) is 4. The molecule has 1 amide bonds. The van der Waals surface area contributed by atoms with Crippen molar-refractivity contribution in [3.05, 3.63) is 59.5 Å². The number of aromatic nitrogens is 2. The van der Waals surface area contributed by atoms with Crippen LogP contribution in [0.1, 0.15) is 21.7 Å². The summed E-state index contributed by atoms with van der Waals surface area (Å²) in [5.41, 5.74) is 2.80. The fourth-order valence-electron chi connectivity index (χ4n) is 2.60. The second-order valence-electron chi connectivity index (χ2n) is 5.35. The van der Waals surface area contributed by atoms with Crippen LogP contribution in [0.4, 0.5) is 0 Å². The van der Waals surface area contributed by atoms with Gasteiger partial charge in [-0.1, -0.05) is 12.1 Å². The molecule has 0 unspecified atom stereocenters. The summed E-state index contributed by atoms with van der Waals surface area (Å²) in [7, 11) is 3.21. The highest BCUT2D eigenvalue weighted by Crippen LogP contribution is 2.21. The van der Waals surface area contributed by atoms with Crippen LogP contribution in [0.25, 0.3) is 5.65 Å². The van der Waals surface area contributed by atoms with Gasteiger partial charge in [-0.15, -0.1) is 0 Å². The number of carbonyl (C=O) groups excluding carboxylic acids is 1. The van der Waals surface area contributed by atoms with Crippen LogP contribution < -0.4 is 14.8 Å². The number of carbonyl (C=O) groups is 1. The van der Waals surface area contributed by atoms with Gasteiger partial charge in [0.25, 0.3) is 5.91 Å². The summed E-state index contributed by atoms with van der Waals surface area (Å²) in [6.07, 6.45) is 1.81. The zero-order valence-corrected chi connectivity index (χ0v) is 13.9. The van der Waals surface area contributed by atoms with Crippen molar-refractivity contribution in [3.63, 3.8) is 0 Å². The zero-order valence-electron chi connectivity index (χ0n) is 13.9. The van der Waals surface area contributed by atoms with Gasteiger partial charge in [-0.25, -0.2) is 4.98 Å². The van der Waals surface area contributed by atoms with Gasteiger partial charge < -0.3 is 14.8 Å². The summed E-state index contributed by atoms with van der Waals surface area (Å²) in [5, 5.41) is 2.93. The van der Waals surface area contributed by atoms with Gasteiger partial charge in [-0.3, -0.25) is 9.20 Å². The van der Waals surface area contributed by atoms with Gasteiger partial charge in [-0.2, -0.15) is 0 Å². The number of methoxy groups -OCH3 is 2. The van der Waals surface area contributed by atoms with E-state index in [4.69, 9.17) is 9.47 Å². The quantitative estimate of drug-likeness (QED) is 0.783. The molecule has 24 heavy (non-hydrogen) atoms. The van der Waals surface area contributed by atoms with Crippen molar-refractivity contribution in [1.82, 2.24) is 14.7 Å². The first kappa shape index (κ1) is 15.9. The number of rotatable bonds is 5. The van der Waals surface area contributed by atoms with Crippen LogP contribution in [-0.2, 0) is 6.54 Å². The number of aryl methyl sites for hydroxylation is 1. The lowest BCUT2D eigenvalue weighted by atomic mass is 10.2. The maximum Gasteiger partial charge on any atom is 0.270 e. The molecule has 0 spiro atoms. The Morgan fingerprint density at radius 2 is 1.92 bits per heavy atom. The molecule has 0 bridgehead atoms. The van der Waals surface area contributed by atoms with Crippen LogP contribution >= 0.6 is 0 Å². The van der Waals surface area contributed by atoms with E-state index >= 15 is 0 Å². The first-order chi connectivity index (χ1) is 11.6. The zero-order chi connectivity index (χ0) is 17.1. The topological polar surface area (TPSA) is 64.9 Å². The molecule has 124 valence electrons. The van der Waals surface area contributed by atoms with Crippen molar-refractivity contribution in [1.29, 1.82) is 0 Å². The van der Waals surface area contributed by atoms with Crippen molar-refractivity contribution in [2.24, 2.45) is 0 Å². The standard InChI is InChI=1S/C18H19N3O3/c1-12-16(21-10-4-5-15(24-3)17(21)20-12)18(22)19-11-13-6-8-14(23-2)9-7-13/h4-10H,11H2,1-3H3,(H,19,22). The Bertz CT molecular complexity index is 869. The number of amides is 1. The van der Waals surface area contributed by atoms with Gasteiger partial charge in [0.05, 0.1) is 19.9 Å². The number of benzene rings is 1. The molecule has 0 aliphatic rings. The van der Waals surface area contributed by atoms with Gasteiger partial charge in [-0.05, 0) is 36.8 Å². The first-order valence-corrected chi connectivity index (χ1v) is 7.57. The second kappa shape index (κ2) is 6.62. The van der Waals surface area contributed by atoms with E-state index in [0.29, 0.717) is 29.3 Å². The number of fused-ring (bicyclic) bond motifs is 1. The number of imidazole rings is 1. The van der Waals surface area contributed by atoms with Crippen molar-refractivity contribution >= 4 is 11.6 Å². The van der Waals surface area contributed by atoms with Crippen LogP contribution in [0.5, 0.6) is 11.5 Å². The van der Waals surface area contributed by atoms with Gasteiger partial charge in [0.2, 0.25) is 0 Å². The normalized spacial score (nSPS) is 10.6. The van der Waals surface area contributed by atoms with Crippen LogP contribution in [0, 0.1) is 6.92 Å². The number of ether oxygens (including phenoxy) is 2. The second-order valence-corrected chi connectivity index (χ2v) is 5.35. The van der Waals surface area contributed by atoms with E-state index in [-0.39, 0.29) is 5.91 Å². The lowest BCUT2D eigenvalue weighted by molar-refractivity contribution is 0.0944. The highest BCUT2D eigenvalue weighted by atomic mass is 16.5. The average molecular weight is 325 g/mol. The lowest BCUT2D eigenvalue weighted by Crippen LogP contribution is -2.25. The molecule has 0 saturated heterocycles. The molecule has 3 rings (SSSR count). The molecule has 2 aromatic heterocycles. The summed E-state index contributed by atoms with van der Waals surface area (Å²) in [6.45, 7) is 2.24. The summed E-state index contributed by atoms with van der Waals surface area (Å²) in [6, 6.07) is 11.2. The third-order valence-corrected chi connectivity index (χ3v) is 3.84. The average Bonchev–Trinajstić information content (AvgIpc) is 2.96. The monoisotopic (exact) mass is 325 g/mol. The van der Waals surface area contributed by atoms with Crippen LogP contribution in [0.3, 0.4) is 0 Å². The molecule has 3 aromatic rings. The molecule has 0 aliphatic heterocycles. The van der Waals surface area contributed by atoms with E-state index in [1.807, 2.05) is 43.3 Å². The maximum atomic E-state index is 12.6. The van der Waals surface area contributed by atoms with Crippen molar-refractivity contribution < 1.29 is 14.3 Å². The van der Waals surface area contributed by atoms with E-state index in [9.17, 15) is 4.79 Å². The lowest BCUT2D eigenvalue weighted by Gasteiger charge is -2.08. The number of pyridine rings is 1. The Balaban J connectivity index is 1.82. The summed E-state index contributed by atoms with van der Waals surface area (Å²) >= 11 is 0. The Morgan fingerprint density at radius 3 is 2.58 bits per heavy atom. The SMILES string of the molecule is COc1ccc(CNC(=O)c2c(C)nc3c(OC)cccn23)cc1. The van der Waals surface area contributed by atoms with Crippen LogP contribution in [0.15, 0.2) is 42.6 Å². The summed E-state index contributed by atoms with van der Waals surface area (Å²) in [5.74, 6) is 1.24. The summed E-state index contributed by atoms with van der Waals surface area (Å²) < 4.78 is 12.2. The maximum absolute atomic E-state index is 12.6. The molecule has 6 heteroatoms. The minimum atomic E-state index is -0.177. The molecular weight excluding hydrogens is 306 g/mol. The van der Waals surface area contributed by atoms with Crippen molar-refractivity contribution in [2.75, 3.05) is 14.2 Å². The highest BCUT2D eigenvalue weighted by molar-refractivity contribution is 5.94. The van der Waals surface area contributed by atoms with E-state index in [1.165, 1.54) is 0 Å². The predicted octanol–water partition coefficient (Wildman–Crippen LogP) is 2.59. The predicted molar refractivity (Wildman–Crippen MR) is 90.6 cm³/mol. The third kappa shape index (κ3) is 2.90.